The third kappa shape index (κ3) is 2.91. The summed E-state index contributed by atoms with van der Waals surface area (Å²) in [5.74, 6) is 1.41. The molecule has 1 heterocycles. The fourth-order valence-corrected chi connectivity index (χ4v) is 2.49. The van der Waals surface area contributed by atoms with E-state index in [9.17, 15) is 5.11 Å². The maximum Gasteiger partial charge on any atom is 0.161 e. The lowest BCUT2D eigenvalue weighted by molar-refractivity contribution is 0.0263. The molecule has 3 N–H and O–H groups in total. The molecule has 1 aromatic rings. The number of rotatable bonds is 5. The Balaban J connectivity index is 2.28. The molecule has 0 saturated heterocycles. The minimum atomic E-state index is -0.486. The molecule has 20 heavy (non-hydrogen) atoms. The Labute approximate surface area is 120 Å². The smallest absolute Gasteiger partial charge is 0.161 e. The number of hydrogen-bond acceptors (Lipinski definition) is 4. The van der Waals surface area contributed by atoms with Gasteiger partial charge in [0.25, 0.3) is 0 Å². The summed E-state index contributed by atoms with van der Waals surface area (Å²) in [6.45, 7) is 7.77. The first kappa shape index (κ1) is 15.1. The van der Waals surface area contributed by atoms with E-state index in [-0.39, 0.29) is 11.3 Å². The Hall–Kier alpha value is -1.26. The summed E-state index contributed by atoms with van der Waals surface area (Å²) < 4.78 is 11.1. The van der Waals surface area contributed by atoms with Gasteiger partial charge in [0, 0.05) is 12.5 Å². The largest absolute Gasteiger partial charge is 0.486 e. The van der Waals surface area contributed by atoms with Crippen LogP contribution in [0, 0.1) is 5.41 Å². The van der Waals surface area contributed by atoms with Gasteiger partial charge >= 0.3 is 0 Å². The molecule has 0 aromatic heterocycles. The van der Waals surface area contributed by atoms with Gasteiger partial charge in [0.05, 0.1) is 6.10 Å². The van der Waals surface area contributed by atoms with Crippen molar-refractivity contribution in [3.63, 3.8) is 0 Å². The maximum absolute atomic E-state index is 10.6. The molecule has 1 aliphatic rings. The molecule has 2 atom stereocenters. The third-order valence-corrected chi connectivity index (χ3v) is 4.34. The number of fused-ring (bicyclic) bond motifs is 1. The summed E-state index contributed by atoms with van der Waals surface area (Å²) in [7, 11) is 0. The van der Waals surface area contributed by atoms with E-state index in [1.807, 2.05) is 18.2 Å². The second kappa shape index (κ2) is 6.02. The van der Waals surface area contributed by atoms with E-state index in [2.05, 4.69) is 20.8 Å². The van der Waals surface area contributed by atoms with E-state index in [1.54, 1.807) is 0 Å². The van der Waals surface area contributed by atoms with Crippen molar-refractivity contribution in [2.45, 2.75) is 39.2 Å². The van der Waals surface area contributed by atoms with Crippen molar-refractivity contribution in [1.29, 1.82) is 0 Å². The fourth-order valence-electron chi connectivity index (χ4n) is 2.49. The summed E-state index contributed by atoms with van der Waals surface area (Å²) >= 11 is 0. The van der Waals surface area contributed by atoms with Crippen LogP contribution in [0.1, 0.15) is 38.7 Å². The molecule has 2 unspecified atom stereocenters. The first-order chi connectivity index (χ1) is 9.49. The molecule has 4 nitrogen and oxygen atoms in total. The van der Waals surface area contributed by atoms with Crippen molar-refractivity contribution in [2.75, 3.05) is 19.8 Å². The van der Waals surface area contributed by atoms with E-state index in [4.69, 9.17) is 15.2 Å². The van der Waals surface area contributed by atoms with Crippen molar-refractivity contribution in [2.24, 2.45) is 11.1 Å². The predicted octanol–water partition coefficient (Wildman–Crippen LogP) is 2.30. The van der Waals surface area contributed by atoms with Crippen LogP contribution in [0.5, 0.6) is 11.5 Å². The molecule has 0 aliphatic carbocycles. The molecule has 0 bridgehead atoms. The van der Waals surface area contributed by atoms with Crippen molar-refractivity contribution in [3.8, 4) is 11.5 Å². The van der Waals surface area contributed by atoms with E-state index in [0.717, 1.165) is 23.5 Å². The molecule has 1 aromatic carbocycles. The van der Waals surface area contributed by atoms with Gasteiger partial charge in [-0.2, -0.15) is 0 Å². The van der Waals surface area contributed by atoms with Gasteiger partial charge in [-0.15, -0.1) is 0 Å². The molecule has 0 spiro atoms. The Morgan fingerprint density at radius 1 is 1.25 bits per heavy atom. The summed E-state index contributed by atoms with van der Waals surface area (Å²) in [5.41, 5.74) is 6.74. The standard InChI is InChI=1S/C16H25NO3/c1-4-16(2,3)15(18)12(10-17)11-5-6-13-14(9-11)20-8-7-19-13/h5-6,9,12,15,18H,4,7-8,10,17H2,1-3H3. The van der Waals surface area contributed by atoms with Crippen LogP contribution in [-0.4, -0.2) is 31.0 Å². The lowest BCUT2D eigenvalue weighted by Gasteiger charge is -2.35. The third-order valence-electron chi connectivity index (χ3n) is 4.34. The van der Waals surface area contributed by atoms with E-state index in [0.29, 0.717) is 19.8 Å². The molecule has 0 radical (unpaired) electrons. The van der Waals surface area contributed by atoms with E-state index in [1.165, 1.54) is 0 Å². The summed E-state index contributed by atoms with van der Waals surface area (Å²) in [6, 6.07) is 5.82. The highest BCUT2D eigenvalue weighted by Gasteiger charge is 2.33. The van der Waals surface area contributed by atoms with Crippen molar-refractivity contribution < 1.29 is 14.6 Å². The number of ether oxygens (including phenoxy) is 2. The molecule has 4 heteroatoms. The fraction of sp³-hybridized carbons (Fsp3) is 0.625. The highest BCUT2D eigenvalue weighted by atomic mass is 16.6. The molecular formula is C16H25NO3. The predicted molar refractivity (Wildman–Crippen MR) is 79.3 cm³/mol. The maximum atomic E-state index is 10.6. The molecule has 1 aliphatic heterocycles. The molecular weight excluding hydrogens is 254 g/mol. The number of benzene rings is 1. The van der Waals surface area contributed by atoms with Crippen LogP contribution in [0.2, 0.25) is 0 Å². The summed E-state index contributed by atoms with van der Waals surface area (Å²) in [6.07, 6.45) is 0.412. The van der Waals surface area contributed by atoms with Crippen LogP contribution < -0.4 is 15.2 Å². The van der Waals surface area contributed by atoms with Crippen molar-refractivity contribution in [3.05, 3.63) is 23.8 Å². The molecule has 0 fully saturated rings. The number of aliphatic hydroxyl groups excluding tert-OH is 1. The number of nitrogens with two attached hydrogens (primary N) is 1. The Morgan fingerprint density at radius 2 is 1.90 bits per heavy atom. The van der Waals surface area contributed by atoms with Gasteiger partial charge in [-0.3, -0.25) is 0 Å². The zero-order chi connectivity index (χ0) is 14.8. The van der Waals surface area contributed by atoms with Gasteiger partial charge in [0.1, 0.15) is 13.2 Å². The van der Waals surface area contributed by atoms with Gasteiger partial charge in [-0.1, -0.05) is 26.8 Å². The van der Waals surface area contributed by atoms with Crippen molar-refractivity contribution in [1.82, 2.24) is 0 Å². The lowest BCUT2D eigenvalue weighted by atomic mass is 9.75. The molecule has 112 valence electrons. The minimum absolute atomic E-state index is 0.0965. The summed E-state index contributed by atoms with van der Waals surface area (Å²) in [4.78, 5) is 0. The average Bonchev–Trinajstić information content (AvgIpc) is 2.47. The highest BCUT2D eigenvalue weighted by molar-refractivity contribution is 5.45. The normalized spacial score (nSPS) is 17.6. The van der Waals surface area contributed by atoms with Gasteiger partial charge in [-0.25, -0.2) is 0 Å². The van der Waals surface area contributed by atoms with Crippen LogP contribution in [0.3, 0.4) is 0 Å². The Kier molecular flexibility index (Phi) is 4.55. The summed E-state index contributed by atoms with van der Waals surface area (Å²) in [5, 5.41) is 10.6. The second-order valence-corrected chi connectivity index (χ2v) is 6.03. The number of hydrogen-bond donors (Lipinski definition) is 2. The quantitative estimate of drug-likeness (QED) is 0.868. The Morgan fingerprint density at radius 3 is 2.50 bits per heavy atom. The van der Waals surface area contributed by atoms with Crippen LogP contribution in [0.15, 0.2) is 18.2 Å². The Bertz CT molecular complexity index is 459. The van der Waals surface area contributed by atoms with Gasteiger partial charge in [0.2, 0.25) is 0 Å². The zero-order valence-electron chi connectivity index (χ0n) is 12.6. The number of aliphatic hydroxyl groups is 1. The van der Waals surface area contributed by atoms with Gasteiger partial charge in [0.15, 0.2) is 11.5 Å². The average molecular weight is 279 g/mol. The lowest BCUT2D eigenvalue weighted by Crippen LogP contribution is -2.37. The van der Waals surface area contributed by atoms with Gasteiger partial charge in [-0.05, 0) is 29.5 Å². The molecule has 0 saturated carbocycles. The SMILES string of the molecule is CCC(C)(C)C(O)C(CN)c1ccc2c(c1)OCCO2. The van der Waals surface area contributed by atoms with Crippen LogP contribution in [0.4, 0.5) is 0 Å². The highest BCUT2D eigenvalue weighted by Crippen LogP contribution is 2.38. The van der Waals surface area contributed by atoms with E-state index < -0.39 is 6.10 Å². The van der Waals surface area contributed by atoms with Crippen LogP contribution in [-0.2, 0) is 0 Å². The molecule has 0 amide bonds. The first-order valence-electron chi connectivity index (χ1n) is 7.27. The second-order valence-electron chi connectivity index (χ2n) is 6.03. The van der Waals surface area contributed by atoms with E-state index >= 15 is 0 Å². The first-order valence-corrected chi connectivity index (χ1v) is 7.27. The van der Waals surface area contributed by atoms with Crippen LogP contribution >= 0.6 is 0 Å². The monoisotopic (exact) mass is 279 g/mol. The topological polar surface area (TPSA) is 64.7 Å². The minimum Gasteiger partial charge on any atom is -0.486 e. The zero-order valence-corrected chi connectivity index (χ0v) is 12.6. The van der Waals surface area contributed by atoms with Gasteiger partial charge < -0.3 is 20.3 Å². The molecule has 2 rings (SSSR count). The van der Waals surface area contributed by atoms with Crippen LogP contribution in [0.25, 0.3) is 0 Å². The van der Waals surface area contributed by atoms with Crippen molar-refractivity contribution >= 4 is 0 Å².